The minimum absolute atomic E-state index is 0.0465. The lowest BCUT2D eigenvalue weighted by atomic mass is 10.3. The highest BCUT2D eigenvalue weighted by molar-refractivity contribution is 7.89. The lowest BCUT2D eigenvalue weighted by Crippen LogP contribution is -2.48. The number of rotatable bonds is 3. The van der Waals surface area contributed by atoms with Crippen LogP contribution in [0.3, 0.4) is 0 Å². The first-order valence-corrected chi connectivity index (χ1v) is 7.26. The zero-order chi connectivity index (χ0) is 14.9. The van der Waals surface area contributed by atoms with Crippen LogP contribution in [0, 0.1) is 17.5 Å². The van der Waals surface area contributed by atoms with Crippen LogP contribution in [-0.2, 0) is 14.8 Å². The van der Waals surface area contributed by atoms with Gasteiger partial charge in [-0.2, -0.15) is 4.31 Å². The molecule has 0 saturated carbocycles. The van der Waals surface area contributed by atoms with Crippen molar-refractivity contribution >= 4 is 10.0 Å². The Morgan fingerprint density at radius 1 is 1.30 bits per heavy atom. The largest absolute Gasteiger partial charge is 0.374 e. The number of benzene rings is 1. The molecular formula is C11H13F3N2O3S. The number of nitrogens with two attached hydrogens (primary N) is 1. The molecule has 0 aliphatic carbocycles. The van der Waals surface area contributed by atoms with Crippen LogP contribution in [0.15, 0.2) is 17.0 Å². The van der Waals surface area contributed by atoms with E-state index in [1.165, 1.54) is 0 Å². The molecule has 1 aromatic carbocycles. The van der Waals surface area contributed by atoms with Gasteiger partial charge in [0.05, 0.1) is 12.7 Å². The Labute approximate surface area is 114 Å². The van der Waals surface area contributed by atoms with Gasteiger partial charge in [-0.3, -0.25) is 0 Å². The summed E-state index contributed by atoms with van der Waals surface area (Å²) in [6, 6.07) is 0.660. The van der Waals surface area contributed by atoms with Crippen LogP contribution in [0.4, 0.5) is 13.2 Å². The summed E-state index contributed by atoms with van der Waals surface area (Å²) in [5, 5.41) is 0. The van der Waals surface area contributed by atoms with Crippen LogP contribution < -0.4 is 5.73 Å². The van der Waals surface area contributed by atoms with Gasteiger partial charge in [-0.15, -0.1) is 0 Å². The SMILES string of the molecule is NCC1CN(S(=O)(=O)c2c(F)cc(F)cc2F)CCO1. The van der Waals surface area contributed by atoms with Gasteiger partial charge in [-0.05, 0) is 0 Å². The van der Waals surface area contributed by atoms with Crippen molar-refractivity contribution in [1.82, 2.24) is 4.31 Å². The normalized spacial score (nSPS) is 21.1. The third kappa shape index (κ3) is 2.80. The third-order valence-corrected chi connectivity index (χ3v) is 4.84. The van der Waals surface area contributed by atoms with Crippen molar-refractivity contribution in [2.24, 2.45) is 5.73 Å². The van der Waals surface area contributed by atoms with Gasteiger partial charge in [0.25, 0.3) is 0 Å². The Bertz CT molecular complexity index is 586. The average molecular weight is 310 g/mol. The first-order valence-electron chi connectivity index (χ1n) is 5.82. The van der Waals surface area contributed by atoms with E-state index in [0.717, 1.165) is 4.31 Å². The van der Waals surface area contributed by atoms with Gasteiger partial charge in [0, 0.05) is 31.8 Å². The maximum absolute atomic E-state index is 13.6. The Morgan fingerprint density at radius 2 is 1.90 bits per heavy atom. The van der Waals surface area contributed by atoms with Crippen LogP contribution >= 0.6 is 0 Å². The van der Waals surface area contributed by atoms with Crippen molar-refractivity contribution in [3.63, 3.8) is 0 Å². The molecule has 1 aromatic rings. The topological polar surface area (TPSA) is 72.6 Å². The van der Waals surface area contributed by atoms with Crippen molar-refractivity contribution in [2.75, 3.05) is 26.2 Å². The Kier molecular flexibility index (Phi) is 4.33. The summed E-state index contributed by atoms with van der Waals surface area (Å²) in [6.07, 6.45) is -0.537. The van der Waals surface area contributed by atoms with Crippen molar-refractivity contribution < 1.29 is 26.3 Å². The fourth-order valence-corrected chi connectivity index (χ4v) is 3.50. The molecule has 2 rings (SSSR count). The lowest BCUT2D eigenvalue weighted by Gasteiger charge is -2.31. The summed E-state index contributed by atoms with van der Waals surface area (Å²) in [7, 11) is -4.40. The maximum atomic E-state index is 13.6. The molecule has 1 fully saturated rings. The summed E-state index contributed by atoms with van der Waals surface area (Å²) in [5.41, 5.74) is 5.38. The zero-order valence-electron chi connectivity index (χ0n) is 10.4. The van der Waals surface area contributed by atoms with Crippen molar-refractivity contribution in [3.8, 4) is 0 Å². The molecule has 0 amide bonds. The molecule has 1 heterocycles. The van der Waals surface area contributed by atoms with Crippen LogP contribution in [0.2, 0.25) is 0 Å². The Balaban J connectivity index is 2.40. The van der Waals surface area contributed by atoms with E-state index in [4.69, 9.17) is 10.5 Å². The van der Waals surface area contributed by atoms with Gasteiger partial charge in [0.1, 0.15) is 17.5 Å². The summed E-state index contributed by atoms with van der Waals surface area (Å²) in [6.45, 7) is 0.0100. The van der Waals surface area contributed by atoms with E-state index in [9.17, 15) is 21.6 Å². The second-order valence-corrected chi connectivity index (χ2v) is 6.16. The van der Waals surface area contributed by atoms with Crippen LogP contribution in [-0.4, -0.2) is 45.1 Å². The molecule has 0 radical (unpaired) electrons. The first-order chi connectivity index (χ1) is 9.36. The Hall–Kier alpha value is -1.16. The summed E-state index contributed by atoms with van der Waals surface area (Å²) in [5.74, 6) is -4.10. The van der Waals surface area contributed by atoms with Gasteiger partial charge in [0.2, 0.25) is 10.0 Å². The number of halogens is 3. The van der Waals surface area contributed by atoms with E-state index in [-0.39, 0.29) is 26.2 Å². The summed E-state index contributed by atoms with van der Waals surface area (Å²) < 4.78 is 70.6. The smallest absolute Gasteiger partial charge is 0.249 e. The molecule has 5 nitrogen and oxygen atoms in total. The molecular weight excluding hydrogens is 297 g/mol. The number of sulfonamides is 1. The predicted molar refractivity (Wildman–Crippen MR) is 63.9 cm³/mol. The van der Waals surface area contributed by atoms with E-state index in [1.54, 1.807) is 0 Å². The number of morpholine rings is 1. The highest BCUT2D eigenvalue weighted by Gasteiger charge is 2.34. The van der Waals surface area contributed by atoms with Gasteiger partial charge >= 0.3 is 0 Å². The zero-order valence-corrected chi connectivity index (χ0v) is 11.2. The highest BCUT2D eigenvalue weighted by atomic mass is 32.2. The van der Waals surface area contributed by atoms with Crippen molar-refractivity contribution in [1.29, 1.82) is 0 Å². The number of nitrogens with zero attached hydrogens (tertiary/aromatic N) is 1. The highest BCUT2D eigenvalue weighted by Crippen LogP contribution is 2.25. The molecule has 0 spiro atoms. The number of ether oxygens (including phenoxy) is 1. The molecule has 20 heavy (non-hydrogen) atoms. The van der Waals surface area contributed by atoms with Gasteiger partial charge in [-0.25, -0.2) is 21.6 Å². The van der Waals surface area contributed by atoms with Gasteiger partial charge in [0.15, 0.2) is 4.90 Å². The van der Waals surface area contributed by atoms with Gasteiger partial charge in [-0.1, -0.05) is 0 Å². The molecule has 0 bridgehead atoms. The van der Waals surface area contributed by atoms with E-state index in [2.05, 4.69) is 0 Å². The molecule has 1 saturated heterocycles. The second-order valence-electron chi connectivity index (χ2n) is 4.29. The molecule has 2 N–H and O–H groups in total. The molecule has 9 heteroatoms. The van der Waals surface area contributed by atoms with Gasteiger partial charge < -0.3 is 10.5 Å². The molecule has 0 aromatic heterocycles. The van der Waals surface area contributed by atoms with Crippen LogP contribution in [0.25, 0.3) is 0 Å². The standard InChI is InChI=1S/C11H13F3N2O3S/c12-7-3-9(13)11(10(14)4-7)20(17,18)16-1-2-19-8(5-15)6-16/h3-4,8H,1-2,5-6,15H2. The van der Waals surface area contributed by atoms with E-state index >= 15 is 0 Å². The number of hydrogen-bond donors (Lipinski definition) is 1. The number of hydrogen-bond acceptors (Lipinski definition) is 4. The second kappa shape index (κ2) is 5.68. The van der Waals surface area contributed by atoms with E-state index < -0.39 is 38.5 Å². The quantitative estimate of drug-likeness (QED) is 0.880. The van der Waals surface area contributed by atoms with Crippen LogP contribution in [0.5, 0.6) is 0 Å². The molecule has 112 valence electrons. The molecule has 1 aliphatic heterocycles. The summed E-state index contributed by atoms with van der Waals surface area (Å²) in [4.78, 5) is -1.16. The van der Waals surface area contributed by atoms with Crippen LogP contribution in [0.1, 0.15) is 0 Å². The minimum Gasteiger partial charge on any atom is -0.374 e. The van der Waals surface area contributed by atoms with Crippen molar-refractivity contribution in [2.45, 2.75) is 11.0 Å². The fourth-order valence-electron chi connectivity index (χ4n) is 1.96. The molecule has 1 unspecified atom stereocenters. The minimum atomic E-state index is -4.40. The Morgan fingerprint density at radius 3 is 2.45 bits per heavy atom. The summed E-state index contributed by atoms with van der Waals surface area (Å²) >= 11 is 0. The van der Waals surface area contributed by atoms with E-state index in [1.807, 2.05) is 0 Å². The monoisotopic (exact) mass is 310 g/mol. The fraction of sp³-hybridized carbons (Fsp3) is 0.455. The lowest BCUT2D eigenvalue weighted by molar-refractivity contribution is 0.00438. The molecule has 1 atom stereocenters. The predicted octanol–water partition coefficient (Wildman–Crippen LogP) is 0.452. The van der Waals surface area contributed by atoms with Crippen molar-refractivity contribution in [3.05, 3.63) is 29.6 Å². The molecule has 1 aliphatic rings. The maximum Gasteiger partial charge on any atom is 0.249 e. The van der Waals surface area contributed by atoms with E-state index in [0.29, 0.717) is 12.1 Å². The first kappa shape index (κ1) is 15.2. The third-order valence-electron chi connectivity index (χ3n) is 2.93. The average Bonchev–Trinajstić information content (AvgIpc) is 2.37.